The summed E-state index contributed by atoms with van der Waals surface area (Å²) in [5, 5.41) is 12.0. The molecular weight excluding hydrogens is 516 g/mol. The molecule has 0 unspecified atom stereocenters. The smallest absolute Gasteiger partial charge is 0.227 e. The number of para-hydroxylation sites is 3. The molecule has 0 aliphatic rings. The Morgan fingerprint density at radius 1 is 0.878 bits per heavy atom. The fraction of sp³-hybridized carbons (Fsp3) is 0.182. The summed E-state index contributed by atoms with van der Waals surface area (Å²) in [5.74, 6) is 1.29. The van der Waals surface area contributed by atoms with Crippen molar-refractivity contribution in [3.8, 4) is 23.3 Å². The van der Waals surface area contributed by atoms with E-state index in [0.717, 1.165) is 16.7 Å². The average Bonchev–Trinajstić information content (AvgIpc) is 3.02. The highest BCUT2D eigenvalue weighted by atomic mass is 16.5. The van der Waals surface area contributed by atoms with Crippen LogP contribution in [-0.2, 0) is 29.2 Å². The number of rotatable bonds is 12. The van der Waals surface area contributed by atoms with Crippen LogP contribution in [0.15, 0.2) is 97.1 Å². The van der Waals surface area contributed by atoms with E-state index in [1.54, 1.807) is 30.2 Å². The number of nitrogens with one attached hydrogen (secondary N) is 1. The highest BCUT2D eigenvalue weighted by molar-refractivity contribution is 5.96. The van der Waals surface area contributed by atoms with Gasteiger partial charge in [-0.05, 0) is 53.6 Å². The summed E-state index contributed by atoms with van der Waals surface area (Å²) in [5.41, 5.74) is 9.49. The molecule has 0 aliphatic heterocycles. The van der Waals surface area contributed by atoms with Gasteiger partial charge in [-0.25, -0.2) is 0 Å². The number of carbonyl (C=O) groups is 2. The van der Waals surface area contributed by atoms with E-state index in [1.807, 2.05) is 78.9 Å². The lowest BCUT2D eigenvalue weighted by atomic mass is 10.1. The van der Waals surface area contributed by atoms with Gasteiger partial charge in [0.15, 0.2) is 5.75 Å². The Balaban J connectivity index is 1.53. The zero-order valence-corrected chi connectivity index (χ0v) is 22.9. The van der Waals surface area contributed by atoms with E-state index in [1.165, 1.54) is 0 Å². The molecule has 8 nitrogen and oxygen atoms in total. The first-order chi connectivity index (χ1) is 20.0. The highest BCUT2D eigenvalue weighted by Gasteiger charge is 2.21. The topological polar surface area (TPSA) is 118 Å². The van der Waals surface area contributed by atoms with Gasteiger partial charge in [-0.15, -0.1) is 0 Å². The van der Waals surface area contributed by atoms with Gasteiger partial charge in [-0.2, -0.15) is 5.26 Å². The van der Waals surface area contributed by atoms with Crippen LogP contribution < -0.4 is 25.4 Å². The Kier molecular flexibility index (Phi) is 10.1. The molecule has 4 aromatic rings. The standard InChI is InChI=1S/C33H32N4O4/c1-40-30-11-4-2-8-27(30)22-36-32(38)17-18-33(39)37(23-25-15-13-24(20-34)14-16-25)29-10-3-5-12-31(29)41-28-9-6-7-26(19-28)21-35/h2-16,19H,17-18,21-23,35H2,1H3,(H,36,38). The molecule has 8 heteroatoms. The zero-order chi connectivity index (χ0) is 29.0. The minimum atomic E-state index is -0.245. The maximum absolute atomic E-state index is 13.7. The summed E-state index contributed by atoms with van der Waals surface area (Å²) < 4.78 is 11.6. The van der Waals surface area contributed by atoms with Crippen molar-refractivity contribution in [2.75, 3.05) is 12.0 Å². The van der Waals surface area contributed by atoms with Crippen molar-refractivity contribution in [1.29, 1.82) is 5.26 Å². The molecule has 0 heterocycles. The summed E-state index contributed by atoms with van der Waals surface area (Å²) in [6.07, 6.45) is 0.00442. The van der Waals surface area contributed by atoms with Crippen LogP contribution in [0.3, 0.4) is 0 Å². The molecule has 0 spiro atoms. The fourth-order valence-electron chi connectivity index (χ4n) is 4.29. The summed E-state index contributed by atoms with van der Waals surface area (Å²) in [7, 11) is 1.58. The second-order valence-corrected chi connectivity index (χ2v) is 9.30. The number of nitriles is 1. The van der Waals surface area contributed by atoms with Crippen molar-refractivity contribution in [1.82, 2.24) is 5.32 Å². The minimum Gasteiger partial charge on any atom is -0.496 e. The Hall–Kier alpha value is -5.13. The van der Waals surface area contributed by atoms with Crippen LogP contribution in [0, 0.1) is 11.3 Å². The normalized spacial score (nSPS) is 10.4. The van der Waals surface area contributed by atoms with E-state index in [4.69, 9.17) is 15.2 Å². The molecule has 208 valence electrons. The molecule has 0 aromatic heterocycles. The molecule has 0 atom stereocenters. The van der Waals surface area contributed by atoms with Crippen LogP contribution in [0.5, 0.6) is 17.2 Å². The minimum absolute atomic E-state index is 0.00890. The highest BCUT2D eigenvalue weighted by Crippen LogP contribution is 2.34. The molecule has 0 saturated heterocycles. The summed E-state index contributed by atoms with van der Waals surface area (Å²) in [6, 6.07) is 31.3. The number of nitrogens with two attached hydrogens (primary N) is 1. The van der Waals surface area contributed by atoms with E-state index in [9.17, 15) is 14.9 Å². The summed E-state index contributed by atoms with van der Waals surface area (Å²) in [6.45, 7) is 0.905. The quantitative estimate of drug-likeness (QED) is 0.243. The first kappa shape index (κ1) is 28.9. The number of hydrogen-bond acceptors (Lipinski definition) is 6. The molecule has 0 fully saturated rings. The molecule has 0 aliphatic carbocycles. The zero-order valence-electron chi connectivity index (χ0n) is 22.9. The van der Waals surface area contributed by atoms with Gasteiger partial charge in [0.2, 0.25) is 11.8 Å². The SMILES string of the molecule is COc1ccccc1CNC(=O)CCC(=O)N(Cc1ccc(C#N)cc1)c1ccccc1Oc1cccc(CN)c1. The molecule has 0 radical (unpaired) electrons. The third kappa shape index (κ3) is 7.94. The van der Waals surface area contributed by atoms with Gasteiger partial charge in [-0.3, -0.25) is 9.59 Å². The molecule has 2 amide bonds. The van der Waals surface area contributed by atoms with Crippen LogP contribution >= 0.6 is 0 Å². The van der Waals surface area contributed by atoms with Crippen molar-refractivity contribution in [2.45, 2.75) is 32.5 Å². The van der Waals surface area contributed by atoms with Gasteiger partial charge in [0, 0.05) is 31.5 Å². The van der Waals surface area contributed by atoms with E-state index in [2.05, 4.69) is 11.4 Å². The Morgan fingerprint density at radius 3 is 2.34 bits per heavy atom. The van der Waals surface area contributed by atoms with Gasteiger partial charge in [0.25, 0.3) is 0 Å². The number of carbonyl (C=O) groups excluding carboxylic acids is 2. The lowest BCUT2D eigenvalue weighted by Crippen LogP contribution is -2.32. The first-order valence-electron chi connectivity index (χ1n) is 13.2. The molecular formula is C33H32N4O4. The number of methoxy groups -OCH3 is 1. The van der Waals surface area contributed by atoms with Crippen molar-refractivity contribution >= 4 is 17.5 Å². The first-order valence-corrected chi connectivity index (χ1v) is 13.2. The van der Waals surface area contributed by atoms with Crippen LogP contribution in [-0.4, -0.2) is 18.9 Å². The number of hydrogen-bond donors (Lipinski definition) is 2. The monoisotopic (exact) mass is 548 g/mol. The Labute approximate surface area is 239 Å². The molecule has 0 saturated carbocycles. The van der Waals surface area contributed by atoms with E-state index >= 15 is 0 Å². The Morgan fingerprint density at radius 2 is 1.61 bits per heavy atom. The summed E-state index contributed by atoms with van der Waals surface area (Å²) >= 11 is 0. The average molecular weight is 549 g/mol. The van der Waals surface area contributed by atoms with Crippen molar-refractivity contribution in [2.24, 2.45) is 5.73 Å². The van der Waals surface area contributed by atoms with Crippen LogP contribution in [0.4, 0.5) is 5.69 Å². The lowest BCUT2D eigenvalue weighted by Gasteiger charge is -2.25. The predicted octanol–water partition coefficient (Wildman–Crippen LogP) is 5.45. The molecule has 4 aromatic carbocycles. The second kappa shape index (κ2) is 14.3. The molecule has 4 rings (SSSR count). The van der Waals surface area contributed by atoms with Crippen LogP contribution in [0.2, 0.25) is 0 Å². The number of nitrogens with zero attached hydrogens (tertiary/aromatic N) is 2. The van der Waals surface area contributed by atoms with E-state index in [-0.39, 0.29) is 31.2 Å². The van der Waals surface area contributed by atoms with Crippen molar-refractivity contribution in [3.05, 3.63) is 119 Å². The number of anilines is 1. The van der Waals surface area contributed by atoms with Gasteiger partial charge < -0.3 is 25.4 Å². The largest absolute Gasteiger partial charge is 0.496 e. The maximum atomic E-state index is 13.7. The molecule has 0 bridgehead atoms. The number of benzene rings is 4. The van der Waals surface area contributed by atoms with Gasteiger partial charge in [0.05, 0.1) is 31.0 Å². The van der Waals surface area contributed by atoms with Crippen LogP contribution in [0.25, 0.3) is 0 Å². The second-order valence-electron chi connectivity index (χ2n) is 9.30. The number of ether oxygens (including phenoxy) is 2. The predicted molar refractivity (Wildman–Crippen MR) is 157 cm³/mol. The maximum Gasteiger partial charge on any atom is 0.227 e. The Bertz CT molecular complexity index is 1530. The third-order valence-corrected chi connectivity index (χ3v) is 6.48. The van der Waals surface area contributed by atoms with Crippen molar-refractivity contribution < 1.29 is 19.1 Å². The van der Waals surface area contributed by atoms with E-state index in [0.29, 0.717) is 41.6 Å². The van der Waals surface area contributed by atoms with E-state index < -0.39 is 0 Å². The van der Waals surface area contributed by atoms with Gasteiger partial charge in [-0.1, -0.05) is 54.6 Å². The molecule has 3 N–H and O–H groups in total. The fourth-order valence-corrected chi connectivity index (χ4v) is 4.29. The summed E-state index contributed by atoms with van der Waals surface area (Å²) in [4.78, 5) is 28.0. The third-order valence-electron chi connectivity index (χ3n) is 6.48. The molecule has 41 heavy (non-hydrogen) atoms. The van der Waals surface area contributed by atoms with Gasteiger partial charge >= 0.3 is 0 Å². The number of amides is 2. The van der Waals surface area contributed by atoms with Crippen molar-refractivity contribution in [3.63, 3.8) is 0 Å². The lowest BCUT2D eigenvalue weighted by molar-refractivity contribution is -0.125. The van der Waals surface area contributed by atoms with Crippen LogP contribution in [0.1, 0.15) is 35.1 Å². The van der Waals surface area contributed by atoms with Gasteiger partial charge in [0.1, 0.15) is 11.5 Å².